The van der Waals surface area contributed by atoms with Gasteiger partial charge in [0.15, 0.2) is 0 Å². The number of para-hydroxylation sites is 1. The second-order valence-electron chi connectivity index (χ2n) is 6.40. The first-order valence-electron chi connectivity index (χ1n) is 8.37. The van der Waals surface area contributed by atoms with Crippen LogP contribution in [0.15, 0.2) is 37.0 Å². The van der Waals surface area contributed by atoms with Crippen LogP contribution < -0.4 is 5.32 Å². The maximum Gasteiger partial charge on any atom is 0.237 e. The van der Waals surface area contributed by atoms with E-state index in [9.17, 15) is 4.79 Å². The minimum Gasteiger partial charge on any atom is -0.492 e. The van der Waals surface area contributed by atoms with Gasteiger partial charge in [0.05, 0.1) is 32.1 Å². The lowest BCUT2D eigenvalue weighted by Crippen LogP contribution is -2.35. The van der Waals surface area contributed by atoms with E-state index in [-0.39, 0.29) is 12.0 Å². The Morgan fingerprint density at radius 3 is 3.20 bits per heavy atom. The molecule has 1 fully saturated rings. The molecule has 3 heterocycles. The van der Waals surface area contributed by atoms with Crippen LogP contribution in [-0.2, 0) is 26.2 Å². The molecule has 2 atom stereocenters. The SMILES string of the molecule is C=C(OCC)c1cn(CC2CC3(CO2)C(=O)Nc2ccccc23)nn1. The standard InChI is InChI=1S/C18H20N4O3/c1-3-24-12(2)16-10-22(21-20-16)9-13-8-18(11-25-13)14-6-4-5-7-15(14)19-17(18)23/h4-7,10,13H,2-3,8-9,11H2,1H3,(H,19,23). The quantitative estimate of drug-likeness (QED) is 0.842. The third kappa shape index (κ3) is 2.60. The molecule has 1 saturated heterocycles. The fraction of sp³-hybridized carbons (Fsp3) is 0.389. The minimum absolute atomic E-state index is 0.0141. The van der Waals surface area contributed by atoms with Crippen LogP contribution in [0.1, 0.15) is 24.6 Å². The summed E-state index contributed by atoms with van der Waals surface area (Å²) >= 11 is 0. The van der Waals surface area contributed by atoms with Gasteiger partial charge in [0.25, 0.3) is 0 Å². The molecule has 2 aliphatic heterocycles. The number of aromatic nitrogens is 3. The van der Waals surface area contributed by atoms with Crippen LogP contribution in [-0.4, -0.2) is 40.2 Å². The highest BCUT2D eigenvalue weighted by Gasteiger charge is 2.52. The highest BCUT2D eigenvalue weighted by molar-refractivity contribution is 6.06. The predicted octanol–water partition coefficient (Wildman–Crippen LogP) is 1.96. The summed E-state index contributed by atoms with van der Waals surface area (Å²) in [7, 11) is 0. The number of anilines is 1. The average molecular weight is 340 g/mol. The van der Waals surface area contributed by atoms with E-state index < -0.39 is 5.41 Å². The lowest BCUT2D eigenvalue weighted by atomic mass is 9.79. The highest BCUT2D eigenvalue weighted by Crippen LogP contribution is 2.45. The fourth-order valence-corrected chi connectivity index (χ4v) is 3.58. The van der Waals surface area contributed by atoms with Crippen molar-refractivity contribution in [1.82, 2.24) is 15.0 Å². The number of benzene rings is 1. The summed E-state index contributed by atoms with van der Waals surface area (Å²) in [6.45, 7) is 7.18. The number of nitrogens with zero attached hydrogens (tertiary/aromatic N) is 3. The van der Waals surface area contributed by atoms with Gasteiger partial charge in [-0.1, -0.05) is 30.0 Å². The summed E-state index contributed by atoms with van der Waals surface area (Å²) in [5, 5.41) is 11.1. The van der Waals surface area contributed by atoms with E-state index in [1.165, 1.54) is 0 Å². The minimum atomic E-state index is -0.598. The van der Waals surface area contributed by atoms with Gasteiger partial charge in [-0.3, -0.25) is 4.79 Å². The van der Waals surface area contributed by atoms with Crippen molar-refractivity contribution in [2.75, 3.05) is 18.5 Å². The van der Waals surface area contributed by atoms with E-state index in [1.807, 2.05) is 31.2 Å². The Balaban J connectivity index is 1.49. The van der Waals surface area contributed by atoms with Gasteiger partial charge in [0.1, 0.15) is 16.9 Å². The van der Waals surface area contributed by atoms with Crippen LogP contribution in [0, 0.1) is 0 Å². The van der Waals surface area contributed by atoms with Crippen molar-refractivity contribution in [3.05, 3.63) is 48.3 Å². The van der Waals surface area contributed by atoms with Crippen LogP contribution in [0.25, 0.3) is 5.76 Å². The average Bonchev–Trinajstić information content (AvgIpc) is 3.29. The van der Waals surface area contributed by atoms with Crippen molar-refractivity contribution >= 4 is 17.4 Å². The molecule has 0 bridgehead atoms. The zero-order chi connectivity index (χ0) is 17.4. The number of hydrogen-bond donors (Lipinski definition) is 1. The van der Waals surface area contributed by atoms with Crippen LogP contribution in [0.3, 0.4) is 0 Å². The Hall–Kier alpha value is -2.67. The number of carbonyl (C=O) groups is 1. The number of amides is 1. The Bertz CT molecular complexity index is 831. The molecule has 1 amide bonds. The fourth-order valence-electron chi connectivity index (χ4n) is 3.58. The van der Waals surface area contributed by atoms with Crippen LogP contribution in [0.5, 0.6) is 0 Å². The Morgan fingerprint density at radius 1 is 1.52 bits per heavy atom. The largest absolute Gasteiger partial charge is 0.492 e. The molecule has 4 rings (SSSR count). The molecule has 2 aliphatic rings. The Morgan fingerprint density at radius 2 is 2.36 bits per heavy atom. The number of nitrogens with one attached hydrogen (secondary N) is 1. The number of fused-ring (bicyclic) bond motifs is 2. The molecule has 7 nitrogen and oxygen atoms in total. The topological polar surface area (TPSA) is 78.3 Å². The smallest absolute Gasteiger partial charge is 0.237 e. The normalized spacial score (nSPS) is 24.4. The molecule has 0 saturated carbocycles. The molecule has 1 aromatic heterocycles. The number of ether oxygens (including phenoxy) is 2. The van der Waals surface area contributed by atoms with E-state index in [1.54, 1.807) is 10.9 Å². The van der Waals surface area contributed by atoms with E-state index in [2.05, 4.69) is 22.2 Å². The van der Waals surface area contributed by atoms with Crippen molar-refractivity contribution in [1.29, 1.82) is 0 Å². The summed E-state index contributed by atoms with van der Waals surface area (Å²) in [4.78, 5) is 12.6. The number of carbonyl (C=O) groups excluding carboxylic acids is 1. The first-order valence-corrected chi connectivity index (χ1v) is 8.37. The van der Waals surface area contributed by atoms with Crippen molar-refractivity contribution in [3.63, 3.8) is 0 Å². The summed E-state index contributed by atoms with van der Waals surface area (Å²) in [5.74, 6) is 0.516. The van der Waals surface area contributed by atoms with Gasteiger partial charge in [0.2, 0.25) is 5.91 Å². The van der Waals surface area contributed by atoms with Crippen molar-refractivity contribution in [2.24, 2.45) is 0 Å². The number of rotatable bonds is 5. The molecule has 25 heavy (non-hydrogen) atoms. The molecule has 1 spiro atoms. The van der Waals surface area contributed by atoms with E-state index >= 15 is 0 Å². The molecule has 2 unspecified atom stereocenters. The van der Waals surface area contributed by atoms with Gasteiger partial charge in [-0.25, -0.2) is 4.68 Å². The third-order valence-electron chi connectivity index (χ3n) is 4.80. The zero-order valence-electron chi connectivity index (χ0n) is 14.1. The van der Waals surface area contributed by atoms with Gasteiger partial charge < -0.3 is 14.8 Å². The van der Waals surface area contributed by atoms with Crippen LogP contribution >= 0.6 is 0 Å². The molecule has 7 heteroatoms. The van der Waals surface area contributed by atoms with Crippen molar-refractivity contribution < 1.29 is 14.3 Å². The molecule has 2 aromatic rings. The second-order valence-corrected chi connectivity index (χ2v) is 6.40. The third-order valence-corrected chi connectivity index (χ3v) is 4.80. The highest BCUT2D eigenvalue weighted by atomic mass is 16.5. The second kappa shape index (κ2) is 6.00. The summed E-state index contributed by atoms with van der Waals surface area (Å²) in [5.41, 5.74) is 1.91. The number of hydrogen-bond acceptors (Lipinski definition) is 5. The Kier molecular flexibility index (Phi) is 3.80. The lowest BCUT2D eigenvalue weighted by Gasteiger charge is -2.19. The maximum atomic E-state index is 12.6. The molecule has 130 valence electrons. The molecular formula is C18H20N4O3. The van der Waals surface area contributed by atoms with Gasteiger partial charge >= 0.3 is 0 Å². The molecule has 1 N–H and O–H groups in total. The van der Waals surface area contributed by atoms with Gasteiger partial charge in [-0.05, 0) is 25.0 Å². The molecule has 1 aromatic carbocycles. The lowest BCUT2D eigenvalue weighted by molar-refractivity contribution is -0.120. The zero-order valence-corrected chi connectivity index (χ0v) is 14.1. The monoisotopic (exact) mass is 340 g/mol. The Labute approximate surface area is 145 Å². The maximum absolute atomic E-state index is 12.6. The summed E-state index contributed by atoms with van der Waals surface area (Å²) in [6.07, 6.45) is 2.30. The van der Waals surface area contributed by atoms with Gasteiger partial charge in [-0.2, -0.15) is 0 Å². The predicted molar refractivity (Wildman–Crippen MR) is 91.8 cm³/mol. The van der Waals surface area contributed by atoms with Crippen LogP contribution in [0.2, 0.25) is 0 Å². The van der Waals surface area contributed by atoms with Crippen molar-refractivity contribution in [2.45, 2.75) is 31.4 Å². The van der Waals surface area contributed by atoms with Gasteiger partial charge in [-0.15, -0.1) is 5.10 Å². The molecular weight excluding hydrogens is 320 g/mol. The first kappa shape index (κ1) is 15.8. The first-order chi connectivity index (χ1) is 12.1. The molecule has 0 radical (unpaired) electrons. The van der Waals surface area contributed by atoms with Crippen molar-refractivity contribution in [3.8, 4) is 0 Å². The molecule has 0 aliphatic carbocycles. The summed E-state index contributed by atoms with van der Waals surface area (Å²) < 4.78 is 13.0. The van der Waals surface area contributed by atoms with Crippen LogP contribution in [0.4, 0.5) is 5.69 Å². The summed E-state index contributed by atoms with van der Waals surface area (Å²) in [6, 6.07) is 7.81. The van der Waals surface area contributed by atoms with E-state index in [0.717, 1.165) is 11.3 Å². The van der Waals surface area contributed by atoms with E-state index in [0.29, 0.717) is 37.6 Å². The van der Waals surface area contributed by atoms with Gasteiger partial charge in [0, 0.05) is 5.69 Å². The van der Waals surface area contributed by atoms with E-state index in [4.69, 9.17) is 9.47 Å².